The van der Waals surface area contributed by atoms with Crippen LogP contribution >= 0.6 is 0 Å². The molecule has 0 saturated heterocycles. The van der Waals surface area contributed by atoms with E-state index in [0.717, 1.165) is 11.8 Å². The molecule has 3 rings (SSSR count). The molecule has 0 unspecified atom stereocenters. The lowest BCUT2D eigenvalue weighted by Crippen LogP contribution is -2.05. The van der Waals surface area contributed by atoms with Crippen molar-refractivity contribution in [2.45, 2.75) is 6.18 Å². The van der Waals surface area contributed by atoms with Gasteiger partial charge in [0.25, 0.3) is 0 Å². The van der Waals surface area contributed by atoms with Gasteiger partial charge in [-0.25, -0.2) is 4.98 Å². The lowest BCUT2D eigenvalue weighted by molar-refractivity contribution is -0.136. The highest BCUT2D eigenvalue weighted by Gasteiger charge is 2.33. The van der Waals surface area contributed by atoms with E-state index < -0.39 is 11.7 Å². The molecule has 1 heterocycles. The second kappa shape index (κ2) is 4.12. The second-order valence-electron chi connectivity index (χ2n) is 4.12. The van der Waals surface area contributed by atoms with Gasteiger partial charge in [0.05, 0.1) is 11.1 Å². The molecule has 0 saturated carbocycles. The maximum Gasteiger partial charge on any atom is 0.418 e. The summed E-state index contributed by atoms with van der Waals surface area (Å²) in [5.41, 5.74) is 0.490. The van der Waals surface area contributed by atoms with Gasteiger partial charge < -0.3 is 0 Å². The van der Waals surface area contributed by atoms with Crippen LogP contribution in [0.4, 0.5) is 13.2 Å². The van der Waals surface area contributed by atoms with E-state index in [0.29, 0.717) is 5.52 Å². The quantitative estimate of drug-likeness (QED) is 0.647. The van der Waals surface area contributed by atoms with Crippen LogP contribution in [0.2, 0.25) is 0 Å². The number of aromatic nitrogens is 2. The van der Waals surface area contributed by atoms with Crippen molar-refractivity contribution in [1.82, 2.24) is 9.55 Å². The van der Waals surface area contributed by atoms with Gasteiger partial charge in [0.1, 0.15) is 11.8 Å². The monoisotopic (exact) mass is 262 g/mol. The molecule has 1 aromatic heterocycles. The number of nitrogens with zero attached hydrogens (tertiary/aromatic N) is 2. The van der Waals surface area contributed by atoms with Gasteiger partial charge >= 0.3 is 6.18 Å². The summed E-state index contributed by atoms with van der Waals surface area (Å²) in [7, 11) is 0. The molecule has 0 spiro atoms. The highest BCUT2D eigenvalue weighted by atomic mass is 19.4. The van der Waals surface area contributed by atoms with Crippen molar-refractivity contribution in [3.05, 3.63) is 60.4 Å². The van der Waals surface area contributed by atoms with E-state index in [4.69, 9.17) is 0 Å². The van der Waals surface area contributed by atoms with Crippen molar-refractivity contribution in [2.24, 2.45) is 0 Å². The standard InChI is InChI=1S/C14H9F3N2/c15-14(16,17)11-7-4-8-12-13(11)18-9-19(12)10-5-2-1-3-6-10/h1-9H. The van der Waals surface area contributed by atoms with Gasteiger partial charge in [-0.15, -0.1) is 0 Å². The molecule has 2 aromatic carbocycles. The van der Waals surface area contributed by atoms with Crippen molar-refractivity contribution in [2.75, 3.05) is 0 Å². The van der Waals surface area contributed by atoms with E-state index in [1.54, 1.807) is 10.6 Å². The number of fused-ring (bicyclic) bond motifs is 1. The highest BCUT2D eigenvalue weighted by molar-refractivity contribution is 5.81. The minimum atomic E-state index is -4.39. The molecule has 0 fully saturated rings. The first kappa shape index (κ1) is 11.8. The topological polar surface area (TPSA) is 17.8 Å². The number of imidazole rings is 1. The van der Waals surface area contributed by atoms with Crippen molar-refractivity contribution >= 4 is 11.0 Å². The van der Waals surface area contributed by atoms with Crippen LogP contribution in [0, 0.1) is 0 Å². The van der Waals surface area contributed by atoms with Crippen molar-refractivity contribution in [1.29, 1.82) is 0 Å². The lowest BCUT2D eigenvalue weighted by atomic mass is 10.1. The Morgan fingerprint density at radius 1 is 0.895 bits per heavy atom. The Hall–Kier alpha value is -2.30. The third kappa shape index (κ3) is 1.97. The van der Waals surface area contributed by atoms with Crippen molar-refractivity contribution in [3.8, 4) is 5.69 Å². The van der Waals surface area contributed by atoms with E-state index in [-0.39, 0.29) is 5.52 Å². The summed E-state index contributed by atoms with van der Waals surface area (Å²) in [6.07, 6.45) is -2.98. The summed E-state index contributed by atoms with van der Waals surface area (Å²) < 4.78 is 40.3. The normalized spacial score (nSPS) is 11.9. The maximum atomic E-state index is 12.9. The molecule has 2 nitrogen and oxygen atoms in total. The minimum absolute atomic E-state index is 0.0288. The van der Waals surface area contributed by atoms with E-state index in [1.165, 1.54) is 12.4 Å². The Labute approximate surface area is 107 Å². The summed E-state index contributed by atoms with van der Waals surface area (Å²) in [5, 5.41) is 0. The molecular weight excluding hydrogens is 253 g/mol. The van der Waals surface area contributed by atoms with Gasteiger partial charge in [0, 0.05) is 5.69 Å². The first-order chi connectivity index (χ1) is 9.07. The fourth-order valence-electron chi connectivity index (χ4n) is 2.06. The zero-order valence-electron chi connectivity index (χ0n) is 9.72. The van der Waals surface area contributed by atoms with Crippen LogP contribution in [0.1, 0.15) is 5.56 Å². The number of benzene rings is 2. The van der Waals surface area contributed by atoms with Crippen LogP contribution < -0.4 is 0 Å². The Balaban J connectivity index is 2.26. The van der Waals surface area contributed by atoms with Crippen molar-refractivity contribution in [3.63, 3.8) is 0 Å². The largest absolute Gasteiger partial charge is 0.418 e. The average Bonchev–Trinajstić information content (AvgIpc) is 2.82. The predicted octanol–water partition coefficient (Wildman–Crippen LogP) is 4.04. The molecule has 3 aromatic rings. The van der Waals surface area contributed by atoms with Crippen LogP contribution in [0.15, 0.2) is 54.9 Å². The number of alkyl halides is 3. The zero-order valence-corrected chi connectivity index (χ0v) is 9.72. The molecule has 19 heavy (non-hydrogen) atoms. The van der Waals surface area contributed by atoms with Crippen LogP contribution in [0.3, 0.4) is 0 Å². The highest BCUT2D eigenvalue weighted by Crippen LogP contribution is 2.34. The number of rotatable bonds is 1. The van der Waals surface area contributed by atoms with E-state index in [9.17, 15) is 13.2 Å². The molecule has 0 bridgehead atoms. The van der Waals surface area contributed by atoms with Gasteiger partial charge in [0.2, 0.25) is 0 Å². The number of halogens is 3. The molecule has 96 valence electrons. The second-order valence-corrected chi connectivity index (χ2v) is 4.12. The van der Waals surface area contributed by atoms with Gasteiger partial charge in [-0.2, -0.15) is 13.2 Å². The van der Waals surface area contributed by atoms with Gasteiger partial charge in [-0.1, -0.05) is 24.3 Å². The Bertz CT molecular complexity index is 714. The molecule has 0 aliphatic carbocycles. The van der Waals surface area contributed by atoms with Crippen LogP contribution in [0.5, 0.6) is 0 Å². The van der Waals surface area contributed by atoms with E-state index >= 15 is 0 Å². The Kier molecular flexibility index (Phi) is 2.55. The molecule has 0 aliphatic heterocycles. The van der Waals surface area contributed by atoms with Crippen LogP contribution in [-0.4, -0.2) is 9.55 Å². The summed E-state index contributed by atoms with van der Waals surface area (Å²) in [4.78, 5) is 3.90. The molecule has 0 radical (unpaired) electrons. The summed E-state index contributed by atoms with van der Waals surface area (Å²) >= 11 is 0. The molecule has 0 amide bonds. The third-order valence-corrected chi connectivity index (χ3v) is 2.92. The van der Waals surface area contributed by atoms with E-state index in [1.807, 2.05) is 30.3 Å². The van der Waals surface area contributed by atoms with Gasteiger partial charge in [0.15, 0.2) is 0 Å². The zero-order chi connectivity index (χ0) is 13.5. The summed E-state index contributed by atoms with van der Waals surface area (Å²) in [5.74, 6) is 0. The molecule has 0 aliphatic rings. The fourth-order valence-corrected chi connectivity index (χ4v) is 2.06. The number of hydrogen-bond acceptors (Lipinski definition) is 1. The van der Waals surface area contributed by atoms with E-state index in [2.05, 4.69) is 4.98 Å². The van der Waals surface area contributed by atoms with Crippen LogP contribution in [0.25, 0.3) is 16.7 Å². The minimum Gasteiger partial charge on any atom is -0.299 e. The first-order valence-electron chi connectivity index (χ1n) is 5.66. The molecule has 0 N–H and O–H groups in total. The fraction of sp³-hybridized carbons (Fsp3) is 0.0714. The lowest BCUT2D eigenvalue weighted by Gasteiger charge is -2.08. The number of para-hydroxylation sites is 2. The first-order valence-corrected chi connectivity index (χ1v) is 5.66. The molecular formula is C14H9F3N2. The SMILES string of the molecule is FC(F)(F)c1cccc2c1ncn2-c1ccccc1. The Morgan fingerprint density at radius 2 is 1.63 bits per heavy atom. The maximum absolute atomic E-state index is 12.9. The van der Waals surface area contributed by atoms with Gasteiger partial charge in [-0.3, -0.25) is 4.57 Å². The van der Waals surface area contributed by atoms with Gasteiger partial charge in [-0.05, 0) is 24.3 Å². The summed E-state index contributed by atoms with van der Waals surface area (Å²) in [6, 6.07) is 13.2. The average molecular weight is 262 g/mol. The van der Waals surface area contributed by atoms with Crippen molar-refractivity contribution < 1.29 is 13.2 Å². The number of hydrogen-bond donors (Lipinski definition) is 0. The Morgan fingerprint density at radius 3 is 2.32 bits per heavy atom. The third-order valence-electron chi connectivity index (χ3n) is 2.92. The summed E-state index contributed by atoms with van der Waals surface area (Å²) in [6.45, 7) is 0. The molecule has 5 heteroatoms. The smallest absolute Gasteiger partial charge is 0.299 e. The predicted molar refractivity (Wildman–Crippen MR) is 66.1 cm³/mol. The van der Waals surface area contributed by atoms with Crippen LogP contribution in [-0.2, 0) is 6.18 Å². The molecule has 0 atom stereocenters.